The highest BCUT2D eigenvalue weighted by molar-refractivity contribution is 5.98. The SMILES string of the molecule is COc1ccc(C(=O)NCc2cc(-c3ccccn3)n(C)n2)c(OC)c1OC. The number of ether oxygens (including phenoxy) is 3. The molecular weight excluding hydrogens is 360 g/mol. The maximum Gasteiger partial charge on any atom is 0.255 e. The first-order valence-corrected chi connectivity index (χ1v) is 8.60. The largest absolute Gasteiger partial charge is 0.493 e. The first kappa shape index (κ1) is 19.2. The fraction of sp³-hybridized carbons (Fsp3) is 0.250. The van der Waals surface area contributed by atoms with Crippen molar-refractivity contribution in [3.8, 4) is 28.6 Å². The molecule has 0 saturated heterocycles. The van der Waals surface area contributed by atoms with Gasteiger partial charge in [0.25, 0.3) is 5.91 Å². The molecule has 0 atom stereocenters. The molecule has 3 aromatic rings. The van der Waals surface area contributed by atoms with Crippen molar-refractivity contribution in [3.63, 3.8) is 0 Å². The number of methoxy groups -OCH3 is 3. The molecule has 0 aliphatic heterocycles. The van der Waals surface area contributed by atoms with E-state index in [1.54, 1.807) is 23.0 Å². The van der Waals surface area contributed by atoms with Gasteiger partial charge in [-0.2, -0.15) is 5.10 Å². The number of amides is 1. The molecule has 2 heterocycles. The van der Waals surface area contributed by atoms with Crippen molar-refractivity contribution in [1.29, 1.82) is 0 Å². The van der Waals surface area contributed by atoms with E-state index in [1.165, 1.54) is 21.3 Å². The van der Waals surface area contributed by atoms with Gasteiger partial charge in [-0.15, -0.1) is 0 Å². The minimum Gasteiger partial charge on any atom is -0.493 e. The molecule has 0 radical (unpaired) electrons. The zero-order valence-electron chi connectivity index (χ0n) is 16.2. The molecule has 8 nitrogen and oxygen atoms in total. The first-order chi connectivity index (χ1) is 13.6. The smallest absolute Gasteiger partial charge is 0.255 e. The van der Waals surface area contributed by atoms with E-state index in [9.17, 15) is 4.79 Å². The molecule has 1 aromatic carbocycles. The van der Waals surface area contributed by atoms with Gasteiger partial charge in [-0.05, 0) is 30.3 Å². The van der Waals surface area contributed by atoms with E-state index in [0.717, 1.165) is 17.1 Å². The first-order valence-electron chi connectivity index (χ1n) is 8.60. The number of rotatable bonds is 7. The van der Waals surface area contributed by atoms with Gasteiger partial charge >= 0.3 is 0 Å². The minimum absolute atomic E-state index is 0.261. The van der Waals surface area contributed by atoms with Crippen molar-refractivity contribution in [2.24, 2.45) is 7.05 Å². The lowest BCUT2D eigenvalue weighted by Gasteiger charge is -2.15. The van der Waals surface area contributed by atoms with Crippen LogP contribution in [0.5, 0.6) is 17.2 Å². The summed E-state index contributed by atoms with van der Waals surface area (Å²) in [6.45, 7) is 0.261. The van der Waals surface area contributed by atoms with E-state index in [1.807, 2.05) is 31.3 Å². The summed E-state index contributed by atoms with van der Waals surface area (Å²) < 4.78 is 17.7. The van der Waals surface area contributed by atoms with Crippen molar-refractivity contribution in [2.45, 2.75) is 6.54 Å². The average molecular weight is 382 g/mol. The summed E-state index contributed by atoms with van der Waals surface area (Å²) in [7, 11) is 6.34. The van der Waals surface area contributed by atoms with Gasteiger partial charge in [-0.3, -0.25) is 14.5 Å². The van der Waals surface area contributed by atoms with Crippen LogP contribution in [0.1, 0.15) is 16.1 Å². The molecule has 0 aliphatic carbocycles. The van der Waals surface area contributed by atoms with Gasteiger partial charge in [0.05, 0.1) is 50.5 Å². The molecule has 8 heteroatoms. The third-order valence-corrected chi connectivity index (χ3v) is 4.24. The second-order valence-corrected chi connectivity index (χ2v) is 5.92. The third kappa shape index (κ3) is 3.75. The molecule has 0 bridgehead atoms. The number of aromatic nitrogens is 3. The topological polar surface area (TPSA) is 87.5 Å². The number of nitrogens with zero attached hydrogens (tertiary/aromatic N) is 3. The highest BCUT2D eigenvalue weighted by atomic mass is 16.5. The predicted octanol–water partition coefficient (Wildman–Crippen LogP) is 2.44. The number of carbonyl (C=O) groups is 1. The summed E-state index contributed by atoms with van der Waals surface area (Å²) >= 11 is 0. The Labute approximate surface area is 163 Å². The maximum atomic E-state index is 12.7. The van der Waals surface area contributed by atoms with E-state index in [-0.39, 0.29) is 12.5 Å². The van der Waals surface area contributed by atoms with Crippen LogP contribution in [0.3, 0.4) is 0 Å². The highest BCUT2D eigenvalue weighted by Gasteiger charge is 2.20. The van der Waals surface area contributed by atoms with Gasteiger partial charge in [0.15, 0.2) is 11.5 Å². The lowest BCUT2D eigenvalue weighted by atomic mass is 10.1. The predicted molar refractivity (Wildman–Crippen MR) is 104 cm³/mol. The fourth-order valence-corrected chi connectivity index (χ4v) is 2.91. The molecule has 1 N–H and O–H groups in total. The van der Waals surface area contributed by atoms with Gasteiger partial charge in [-0.25, -0.2) is 0 Å². The Morgan fingerprint density at radius 1 is 1.07 bits per heavy atom. The number of carbonyl (C=O) groups excluding carboxylic acids is 1. The molecular formula is C20H22N4O4. The van der Waals surface area contributed by atoms with Crippen LogP contribution >= 0.6 is 0 Å². The Morgan fingerprint density at radius 2 is 1.86 bits per heavy atom. The summed E-state index contributed by atoms with van der Waals surface area (Å²) in [5.41, 5.74) is 2.75. The molecule has 0 fully saturated rings. The average Bonchev–Trinajstić information content (AvgIpc) is 3.11. The van der Waals surface area contributed by atoms with E-state index in [0.29, 0.717) is 22.8 Å². The number of nitrogens with one attached hydrogen (secondary N) is 1. The van der Waals surface area contributed by atoms with E-state index in [4.69, 9.17) is 14.2 Å². The quantitative estimate of drug-likeness (QED) is 0.675. The summed E-state index contributed by atoms with van der Waals surface area (Å²) in [6.07, 6.45) is 1.73. The number of hydrogen-bond acceptors (Lipinski definition) is 6. The fourth-order valence-electron chi connectivity index (χ4n) is 2.91. The van der Waals surface area contributed by atoms with Gasteiger partial charge in [0.1, 0.15) is 0 Å². The Hall–Kier alpha value is -3.55. The molecule has 0 aliphatic rings. The van der Waals surface area contributed by atoms with E-state index >= 15 is 0 Å². The standard InChI is InChI=1S/C20H22N4O4/c1-24-16(15-7-5-6-10-21-15)11-13(23-24)12-22-20(25)14-8-9-17(26-2)19(28-4)18(14)27-3/h5-11H,12H2,1-4H3,(H,22,25). The third-order valence-electron chi connectivity index (χ3n) is 4.24. The van der Waals surface area contributed by atoms with Crippen molar-refractivity contribution >= 4 is 5.91 Å². The summed E-state index contributed by atoms with van der Waals surface area (Å²) in [6, 6.07) is 10.9. The molecule has 2 aromatic heterocycles. The Kier molecular flexibility index (Phi) is 5.78. The van der Waals surface area contributed by atoms with E-state index < -0.39 is 0 Å². The van der Waals surface area contributed by atoms with Crippen molar-refractivity contribution < 1.29 is 19.0 Å². The molecule has 0 unspecified atom stereocenters. The van der Waals surface area contributed by atoms with Crippen LogP contribution in [0.4, 0.5) is 0 Å². The molecule has 146 valence electrons. The van der Waals surface area contributed by atoms with Crippen molar-refractivity contribution in [3.05, 3.63) is 53.9 Å². The van der Waals surface area contributed by atoms with Gasteiger partial charge < -0.3 is 19.5 Å². The Bertz CT molecular complexity index is 970. The molecule has 1 amide bonds. The van der Waals surface area contributed by atoms with Crippen molar-refractivity contribution in [2.75, 3.05) is 21.3 Å². The van der Waals surface area contributed by atoms with Crippen LogP contribution in [-0.4, -0.2) is 42.0 Å². The van der Waals surface area contributed by atoms with E-state index in [2.05, 4.69) is 15.4 Å². The van der Waals surface area contributed by atoms with Gasteiger partial charge in [0, 0.05) is 13.2 Å². The van der Waals surface area contributed by atoms with Crippen LogP contribution < -0.4 is 19.5 Å². The number of pyridine rings is 1. The Morgan fingerprint density at radius 3 is 2.50 bits per heavy atom. The zero-order chi connectivity index (χ0) is 20.1. The lowest BCUT2D eigenvalue weighted by Crippen LogP contribution is -2.23. The van der Waals surface area contributed by atoms with Crippen molar-refractivity contribution in [1.82, 2.24) is 20.1 Å². The Balaban J connectivity index is 1.78. The van der Waals surface area contributed by atoms with Gasteiger partial charge in [-0.1, -0.05) is 6.07 Å². The highest BCUT2D eigenvalue weighted by Crippen LogP contribution is 2.39. The summed E-state index contributed by atoms with van der Waals surface area (Å²) in [5.74, 6) is 0.867. The van der Waals surface area contributed by atoms with Gasteiger partial charge in [0.2, 0.25) is 5.75 Å². The van der Waals surface area contributed by atoms with Crippen LogP contribution in [0.15, 0.2) is 42.6 Å². The monoisotopic (exact) mass is 382 g/mol. The van der Waals surface area contributed by atoms with Crippen LogP contribution in [0.25, 0.3) is 11.4 Å². The number of hydrogen-bond donors (Lipinski definition) is 1. The number of aryl methyl sites for hydroxylation is 1. The molecule has 0 spiro atoms. The molecule has 28 heavy (non-hydrogen) atoms. The summed E-state index contributed by atoms with van der Waals surface area (Å²) in [4.78, 5) is 17.0. The second-order valence-electron chi connectivity index (χ2n) is 5.92. The lowest BCUT2D eigenvalue weighted by molar-refractivity contribution is 0.0946. The van der Waals surface area contributed by atoms with Crippen LogP contribution in [0, 0.1) is 0 Å². The normalized spacial score (nSPS) is 10.4. The van der Waals surface area contributed by atoms with Crippen LogP contribution in [0.2, 0.25) is 0 Å². The van der Waals surface area contributed by atoms with Crippen LogP contribution in [-0.2, 0) is 13.6 Å². The zero-order valence-corrected chi connectivity index (χ0v) is 16.2. The molecule has 3 rings (SSSR count). The maximum absolute atomic E-state index is 12.7. The molecule has 0 saturated carbocycles. The second kappa shape index (κ2) is 8.43. The number of benzene rings is 1. The summed E-state index contributed by atoms with van der Waals surface area (Å²) in [5, 5.41) is 7.30. The minimum atomic E-state index is -0.303.